The summed E-state index contributed by atoms with van der Waals surface area (Å²) in [7, 11) is 0. The molecule has 2 N–H and O–H groups in total. The van der Waals surface area contributed by atoms with Gasteiger partial charge in [0.25, 0.3) is 0 Å². The minimum Gasteiger partial charge on any atom is -0.493 e. The first-order valence-corrected chi connectivity index (χ1v) is 6.58. The molecule has 0 aliphatic carbocycles. The molecule has 2 heterocycles. The lowest BCUT2D eigenvalue weighted by atomic mass is 9.85. The maximum Gasteiger partial charge on any atom is 0.134 e. The molecule has 4 rings (SSSR count). The zero-order valence-corrected chi connectivity index (χ0v) is 10.5. The Morgan fingerprint density at radius 3 is 2.89 bits per heavy atom. The van der Waals surface area contributed by atoms with Crippen molar-refractivity contribution in [3.63, 3.8) is 0 Å². The molecule has 19 heavy (non-hydrogen) atoms. The summed E-state index contributed by atoms with van der Waals surface area (Å²) in [5, 5.41) is 0. The van der Waals surface area contributed by atoms with E-state index in [1.54, 1.807) is 0 Å². The summed E-state index contributed by atoms with van der Waals surface area (Å²) in [5.74, 6) is 2.25. The molecule has 96 valence electrons. The smallest absolute Gasteiger partial charge is 0.134 e. The molecular weight excluding hydrogens is 238 g/mol. The van der Waals surface area contributed by atoms with Crippen molar-refractivity contribution in [1.82, 2.24) is 0 Å². The second-order valence-electron chi connectivity index (χ2n) is 5.22. The van der Waals surface area contributed by atoms with Crippen LogP contribution in [-0.4, -0.2) is 6.61 Å². The first-order chi connectivity index (χ1) is 9.31. The topological polar surface area (TPSA) is 44.5 Å². The van der Waals surface area contributed by atoms with Crippen molar-refractivity contribution in [3.8, 4) is 11.5 Å². The van der Waals surface area contributed by atoms with Gasteiger partial charge in [-0.05, 0) is 36.2 Å². The fourth-order valence-corrected chi connectivity index (χ4v) is 2.99. The molecule has 0 radical (unpaired) electrons. The molecule has 0 saturated heterocycles. The van der Waals surface area contributed by atoms with Crippen molar-refractivity contribution < 1.29 is 9.47 Å². The van der Waals surface area contributed by atoms with E-state index in [0.29, 0.717) is 12.5 Å². The summed E-state index contributed by atoms with van der Waals surface area (Å²) in [4.78, 5) is 0. The van der Waals surface area contributed by atoms with E-state index in [2.05, 4.69) is 12.1 Å². The third kappa shape index (κ3) is 1.65. The molecule has 0 unspecified atom stereocenters. The number of fused-ring (bicyclic) bond motifs is 4. The number of benzene rings is 2. The molecule has 3 nitrogen and oxygen atoms in total. The summed E-state index contributed by atoms with van der Waals surface area (Å²) in [6.07, 6.45) is 1.05. The second-order valence-corrected chi connectivity index (χ2v) is 5.22. The van der Waals surface area contributed by atoms with Crippen LogP contribution in [0, 0.1) is 5.92 Å². The molecule has 3 heteroatoms. The number of hydrogen-bond donors (Lipinski definition) is 1. The van der Waals surface area contributed by atoms with Gasteiger partial charge in [0.2, 0.25) is 0 Å². The molecule has 2 atom stereocenters. The Morgan fingerprint density at radius 1 is 1.05 bits per heavy atom. The van der Waals surface area contributed by atoms with Crippen LogP contribution in [0.25, 0.3) is 0 Å². The number of hydrogen-bond acceptors (Lipinski definition) is 3. The normalized spacial score (nSPS) is 23.4. The predicted octanol–water partition coefficient (Wildman–Crippen LogP) is 2.95. The van der Waals surface area contributed by atoms with Gasteiger partial charge in [-0.2, -0.15) is 0 Å². The summed E-state index contributed by atoms with van der Waals surface area (Å²) in [6, 6.07) is 14.0. The summed E-state index contributed by atoms with van der Waals surface area (Å²) in [5.41, 5.74) is 8.98. The maximum atomic E-state index is 6.18. The Morgan fingerprint density at radius 2 is 1.95 bits per heavy atom. The molecule has 0 amide bonds. The summed E-state index contributed by atoms with van der Waals surface area (Å²) in [6.45, 7) is 0.704. The fourth-order valence-electron chi connectivity index (χ4n) is 2.99. The van der Waals surface area contributed by atoms with E-state index >= 15 is 0 Å². The molecule has 2 aromatic rings. The molecule has 2 aliphatic rings. The number of nitrogens with two attached hydrogens (primary N) is 1. The first-order valence-electron chi connectivity index (χ1n) is 6.58. The minimum absolute atomic E-state index is 0.0575. The van der Waals surface area contributed by atoms with Crippen LogP contribution >= 0.6 is 0 Å². The van der Waals surface area contributed by atoms with Crippen LogP contribution in [0.1, 0.15) is 17.2 Å². The van der Waals surface area contributed by atoms with Gasteiger partial charge in [0.15, 0.2) is 0 Å². The van der Waals surface area contributed by atoms with E-state index in [1.165, 1.54) is 5.56 Å². The molecule has 0 spiro atoms. The standard InChI is InChI=1S/C16H15NO2/c17-12-5-6-15-13(8-12)16-11(9-18-15)7-10-3-1-2-4-14(10)19-16/h1-6,8,11,16H,7,9,17H2/t11-,16+/m0/s1. The number of nitrogen functional groups attached to an aromatic ring is 1. The molecule has 0 fully saturated rings. The van der Waals surface area contributed by atoms with E-state index in [-0.39, 0.29) is 6.10 Å². The van der Waals surface area contributed by atoms with Crippen LogP contribution in [0.5, 0.6) is 11.5 Å². The average molecular weight is 253 g/mol. The monoisotopic (exact) mass is 253 g/mol. The highest BCUT2D eigenvalue weighted by Gasteiger charge is 2.36. The summed E-state index contributed by atoms with van der Waals surface area (Å²) >= 11 is 0. The van der Waals surface area contributed by atoms with Crippen LogP contribution in [0.15, 0.2) is 42.5 Å². The lowest BCUT2D eigenvalue weighted by Crippen LogP contribution is -2.34. The zero-order chi connectivity index (χ0) is 12.8. The van der Waals surface area contributed by atoms with E-state index in [9.17, 15) is 0 Å². The van der Waals surface area contributed by atoms with Gasteiger partial charge in [-0.15, -0.1) is 0 Å². The maximum absolute atomic E-state index is 6.18. The van der Waals surface area contributed by atoms with Crippen LogP contribution in [-0.2, 0) is 6.42 Å². The Balaban J connectivity index is 1.79. The third-order valence-electron chi connectivity index (χ3n) is 3.93. The predicted molar refractivity (Wildman–Crippen MR) is 73.4 cm³/mol. The number of anilines is 1. The Hall–Kier alpha value is -2.16. The Kier molecular flexibility index (Phi) is 2.21. The van der Waals surface area contributed by atoms with Gasteiger partial charge >= 0.3 is 0 Å². The lowest BCUT2D eigenvalue weighted by molar-refractivity contribution is 0.0544. The van der Waals surface area contributed by atoms with Crippen LogP contribution in [0.4, 0.5) is 5.69 Å². The molecule has 0 saturated carbocycles. The second kappa shape index (κ2) is 3.92. The van der Waals surface area contributed by atoms with Gasteiger partial charge in [0.1, 0.15) is 17.6 Å². The van der Waals surface area contributed by atoms with E-state index in [0.717, 1.165) is 29.2 Å². The van der Waals surface area contributed by atoms with E-state index < -0.39 is 0 Å². The average Bonchev–Trinajstić information content (AvgIpc) is 2.45. The molecule has 0 bridgehead atoms. The Labute approximate surface area is 112 Å². The van der Waals surface area contributed by atoms with Crippen molar-refractivity contribution in [2.45, 2.75) is 12.5 Å². The summed E-state index contributed by atoms with van der Waals surface area (Å²) < 4.78 is 12.0. The number of ether oxygens (including phenoxy) is 2. The Bertz CT molecular complexity index is 638. The highest BCUT2D eigenvalue weighted by atomic mass is 16.5. The first kappa shape index (κ1) is 10.7. The molecule has 2 aliphatic heterocycles. The van der Waals surface area contributed by atoms with Crippen molar-refractivity contribution in [3.05, 3.63) is 53.6 Å². The van der Waals surface area contributed by atoms with Crippen molar-refractivity contribution in [1.29, 1.82) is 0 Å². The SMILES string of the molecule is Nc1ccc2c(c1)[C@@H]1Oc3ccccc3C[C@H]1CO2. The van der Waals surface area contributed by atoms with Gasteiger partial charge < -0.3 is 15.2 Å². The van der Waals surface area contributed by atoms with E-state index in [4.69, 9.17) is 15.2 Å². The largest absolute Gasteiger partial charge is 0.493 e. The van der Waals surface area contributed by atoms with Gasteiger partial charge in [0.05, 0.1) is 6.61 Å². The lowest BCUT2D eigenvalue weighted by Gasteiger charge is -2.38. The van der Waals surface area contributed by atoms with E-state index in [1.807, 2.05) is 30.3 Å². The highest BCUT2D eigenvalue weighted by molar-refractivity contribution is 5.51. The highest BCUT2D eigenvalue weighted by Crippen LogP contribution is 2.44. The molecular formula is C16H15NO2. The third-order valence-corrected chi connectivity index (χ3v) is 3.93. The van der Waals surface area contributed by atoms with Crippen molar-refractivity contribution >= 4 is 5.69 Å². The zero-order valence-electron chi connectivity index (χ0n) is 10.5. The number of para-hydroxylation sites is 1. The minimum atomic E-state index is 0.0575. The van der Waals surface area contributed by atoms with Gasteiger partial charge in [-0.25, -0.2) is 0 Å². The van der Waals surface area contributed by atoms with Gasteiger partial charge in [0, 0.05) is 17.2 Å². The fraction of sp³-hybridized carbons (Fsp3) is 0.250. The molecule has 0 aromatic heterocycles. The number of rotatable bonds is 0. The quantitative estimate of drug-likeness (QED) is 0.734. The van der Waals surface area contributed by atoms with Gasteiger partial charge in [-0.1, -0.05) is 18.2 Å². The van der Waals surface area contributed by atoms with Crippen LogP contribution < -0.4 is 15.2 Å². The van der Waals surface area contributed by atoms with Gasteiger partial charge in [-0.3, -0.25) is 0 Å². The van der Waals surface area contributed by atoms with Crippen LogP contribution in [0.2, 0.25) is 0 Å². The van der Waals surface area contributed by atoms with Crippen LogP contribution in [0.3, 0.4) is 0 Å². The van der Waals surface area contributed by atoms with Crippen molar-refractivity contribution in [2.75, 3.05) is 12.3 Å². The van der Waals surface area contributed by atoms with Crippen molar-refractivity contribution in [2.24, 2.45) is 5.92 Å². The molecule has 2 aromatic carbocycles.